The van der Waals surface area contributed by atoms with Gasteiger partial charge in [-0.05, 0) is 78.2 Å². The monoisotopic (exact) mass is 792 g/mol. The normalized spacial score (nSPS) is 12.9. The van der Waals surface area contributed by atoms with Crippen LogP contribution in [0.15, 0.2) is 119 Å². The fourth-order valence-electron chi connectivity index (χ4n) is 4.57. The molecule has 0 spiro atoms. The minimum Gasteiger partial charge on any atom is -0.507 e. The van der Waals surface area contributed by atoms with E-state index in [0.29, 0.717) is 6.07 Å². The maximum Gasteiger partial charge on any atom is 0.296 e. The highest BCUT2D eigenvalue weighted by molar-refractivity contribution is 7.92. The number of phenols is 1. The summed E-state index contributed by atoms with van der Waals surface area (Å²) in [5, 5.41) is 25.3. The largest absolute Gasteiger partial charge is 0.507 e. The smallest absolute Gasteiger partial charge is 0.296 e. The van der Waals surface area contributed by atoms with E-state index in [4.69, 9.17) is 17.2 Å². The molecule has 0 atom stereocenters. The zero-order valence-corrected chi connectivity index (χ0v) is 29.0. The Bertz CT molecular complexity index is 2780. The Labute approximate surface area is 294 Å². The second-order valence-electron chi connectivity index (χ2n) is 10.6. The molecule has 11 N–H and O–H groups in total. The number of nitrogens with zero attached hydrogens (tertiary/aromatic N) is 4. The zero-order chi connectivity index (χ0) is 38.4. The molecule has 0 saturated heterocycles. The van der Waals surface area contributed by atoms with Gasteiger partial charge in [0.15, 0.2) is 0 Å². The molecule has 0 fully saturated rings. The number of hydrogen-bond acceptors (Lipinski definition) is 16. The van der Waals surface area contributed by atoms with E-state index in [9.17, 15) is 52.4 Å². The third-order valence-electron chi connectivity index (χ3n) is 6.98. The van der Waals surface area contributed by atoms with Gasteiger partial charge < -0.3 is 22.3 Å². The van der Waals surface area contributed by atoms with Crippen molar-refractivity contribution in [1.29, 1.82) is 0 Å². The van der Waals surface area contributed by atoms with Crippen LogP contribution in [0.4, 0.5) is 45.5 Å². The van der Waals surface area contributed by atoms with E-state index in [1.807, 2.05) is 0 Å². The molecule has 0 aliphatic carbocycles. The topological polar surface area (TPSA) is 357 Å². The quantitative estimate of drug-likeness (QED) is 0.0541. The molecule has 24 heteroatoms. The fourth-order valence-corrected chi connectivity index (χ4v) is 7.46. The van der Waals surface area contributed by atoms with Crippen molar-refractivity contribution in [3.05, 3.63) is 78.9 Å². The number of fused-ring (bicyclic) bond motifs is 1. The Kier molecular flexibility index (Phi) is 9.67. The maximum atomic E-state index is 13.0. The second kappa shape index (κ2) is 13.4. The van der Waals surface area contributed by atoms with Gasteiger partial charge in [0.1, 0.15) is 26.9 Å². The van der Waals surface area contributed by atoms with Crippen LogP contribution >= 0.6 is 0 Å². The van der Waals surface area contributed by atoms with Crippen molar-refractivity contribution in [1.82, 2.24) is 0 Å². The van der Waals surface area contributed by atoms with Gasteiger partial charge in [0.05, 0.1) is 38.2 Å². The average Bonchev–Trinajstić information content (AvgIpc) is 3.03. The van der Waals surface area contributed by atoms with Gasteiger partial charge in [-0.3, -0.25) is 18.4 Å². The van der Waals surface area contributed by atoms with Crippen molar-refractivity contribution >= 4 is 96.6 Å². The zero-order valence-electron chi connectivity index (χ0n) is 25.7. The SMILES string of the molecule is Nc1cc(N)c(S(=O)(=O)O)cc1N=Nc1ccc(NS(=O)(=O)c2ccc(N=Nc3c(S(=O)(=O)O)cc4cc(S(=O)(=O)O)cc(O)c4c3N)cc2)cc1. The highest BCUT2D eigenvalue weighted by Gasteiger charge is 2.24. The molecule has 0 saturated carbocycles. The second-order valence-corrected chi connectivity index (χ2v) is 16.5. The van der Waals surface area contributed by atoms with Crippen LogP contribution in [0.2, 0.25) is 0 Å². The number of sulfonamides is 1. The predicted octanol–water partition coefficient (Wildman–Crippen LogP) is 4.66. The molecule has 272 valence electrons. The third kappa shape index (κ3) is 8.07. The van der Waals surface area contributed by atoms with Crippen molar-refractivity contribution in [2.45, 2.75) is 19.6 Å². The third-order valence-corrected chi connectivity index (χ3v) is 11.0. The molecule has 0 aliphatic rings. The van der Waals surface area contributed by atoms with E-state index < -0.39 is 72.2 Å². The number of rotatable bonds is 10. The molecule has 0 unspecified atom stereocenters. The lowest BCUT2D eigenvalue weighted by Crippen LogP contribution is -2.12. The van der Waals surface area contributed by atoms with Crippen molar-refractivity contribution < 1.29 is 52.4 Å². The first-order chi connectivity index (χ1) is 24.0. The Balaban J connectivity index is 1.36. The molecule has 20 nitrogen and oxygen atoms in total. The predicted molar refractivity (Wildman–Crippen MR) is 187 cm³/mol. The van der Waals surface area contributed by atoms with Crippen LogP contribution in [0, 0.1) is 0 Å². The van der Waals surface area contributed by atoms with Gasteiger partial charge in [-0.15, -0.1) is 10.2 Å². The van der Waals surface area contributed by atoms with E-state index >= 15 is 0 Å². The Morgan fingerprint density at radius 3 is 1.67 bits per heavy atom. The van der Waals surface area contributed by atoms with E-state index in [2.05, 4.69) is 25.2 Å². The summed E-state index contributed by atoms with van der Waals surface area (Å²) in [7, 11) is -18.7. The van der Waals surface area contributed by atoms with E-state index in [-0.39, 0.29) is 49.8 Å². The first-order valence-electron chi connectivity index (χ1n) is 13.8. The fraction of sp³-hybridized carbons (Fsp3) is 0. The summed E-state index contributed by atoms with van der Waals surface area (Å²) in [6.07, 6.45) is 0. The number of azo groups is 2. The number of phenolic OH excluding ortho intramolecular Hbond substituents is 1. The highest BCUT2D eigenvalue weighted by Crippen LogP contribution is 2.43. The van der Waals surface area contributed by atoms with Crippen molar-refractivity contribution in [2.24, 2.45) is 20.5 Å². The van der Waals surface area contributed by atoms with Crippen molar-refractivity contribution in [3.63, 3.8) is 0 Å². The lowest BCUT2D eigenvalue weighted by molar-refractivity contribution is 0.471. The summed E-state index contributed by atoms with van der Waals surface area (Å²) in [6, 6.07) is 14.4. The van der Waals surface area contributed by atoms with Gasteiger partial charge in [0.2, 0.25) is 0 Å². The van der Waals surface area contributed by atoms with Crippen LogP contribution in [0.3, 0.4) is 0 Å². The van der Waals surface area contributed by atoms with Gasteiger partial charge in [-0.1, -0.05) is 0 Å². The molecule has 0 radical (unpaired) electrons. The molecule has 52 heavy (non-hydrogen) atoms. The van der Waals surface area contributed by atoms with Crippen molar-refractivity contribution in [3.8, 4) is 5.75 Å². The minimum atomic E-state index is -5.06. The van der Waals surface area contributed by atoms with Crippen LogP contribution in [-0.4, -0.2) is 52.4 Å². The summed E-state index contributed by atoms with van der Waals surface area (Å²) < 4.78 is 127. The van der Waals surface area contributed by atoms with Crippen LogP contribution in [0.25, 0.3) is 10.8 Å². The number of aromatic hydroxyl groups is 1. The average molecular weight is 793 g/mol. The van der Waals surface area contributed by atoms with Gasteiger partial charge in [-0.25, -0.2) is 8.42 Å². The molecule has 5 aromatic rings. The standard InChI is InChI=1S/C28H24N8O12S4/c29-20-12-21(30)24(51(43,44)45)13-22(20)34-32-15-1-3-17(4-2-15)36-49(38,39)18-7-5-16(6-8-18)33-35-28-25(52(46,47)48)10-14-9-19(50(40,41)42)11-23(37)26(14)27(28)31/h1-13,36-37H,29-31H2,(H,40,41,42)(H,43,44,45)(H,46,47,48). The molecule has 0 aliphatic heterocycles. The van der Waals surface area contributed by atoms with E-state index in [1.165, 1.54) is 36.4 Å². The van der Waals surface area contributed by atoms with Crippen LogP contribution < -0.4 is 21.9 Å². The summed E-state index contributed by atoms with van der Waals surface area (Å²) >= 11 is 0. The first-order valence-corrected chi connectivity index (χ1v) is 19.6. The Hall–Kier alpha value is -5.76. The van der Waals surface area contributed by atoms with E-state index in [1.54, 1.807) is 0 Å². The minimum absolute atomic E-state index is 0.00848. The number of nitrogens with one attached hydrogen (secondary N) is 1. The van der Waals surface area contributed by atoms with Gasteiger partial charge >= 0.3 is 0 Å². The number of nitrogens with two attached hydrogens (primary N) is 3. The number of anilines is 4. The van der Waals surface area contributed by atoms with Gasteiger partial charge in [0, 0.05) is 17.1 Å². The first kappa shape index (κ1) is 37.5. The summed E-state index contributed by atoms with van der Waals surface area (Å²) in [6.45, 7) is 0. The molecular formula is C28H24N8O12S4. The lowest BCUT2D eigenvalue weighted by atomic mass is 10.1. The molecule has 5 rings (SSSR count). The maximum absolute atomic E-state index is 13.0. The summed E-state index contributed by atoms with van der Waals surface area (Å²) in [4.78, 5) is -2.53. The molecular weight excluding hydrogens is 769 g/mol. The number of nitrogen functional groups attached to an aromatic ring is 3. The molecule has 0 bridgehead atoms. The van der Waals surface area contributed by atoms with E-state index in [0.717, 1.165) is 36.4 Å². The van der Waals surface area contributed by atoms with Gasteiger partial charge in [0.25, 0.3) is 40.4 Å². The molecule has 0 aromatic heterocycles. The van der Waals surface area contributed by atoms with Crippen LogP contribution in [0.1, 0.15) is 0 Å². The Morgan fingerprint density at radius 2 is 1.12 bits per heavy atom. The Morgan fingerprint density at radius 1 is 0.558 bits per heavy atom. The summed E-state index contributed by atoms with van der Waals surface area (Å²) in [5.41, 5.74) is 16.2. The van der Waals surface area contributed by atoms with Gasteiger partial charge in [-0.2, -0.15) is 35.5 Å². The van der Waals surface area contributed by atoms with Crippen LogP contribution in [0.5, 0.6) is 5.75 Å². The lowest BCUT2D eigenvalue weighted by Gasteiger charge is -2.12. The highest BCUT2D eigenvalue weighted by atomic mass is 32.2. The number of benzene rings is 5. The molecule has 5 aromatic carbocycles. The van der Waals surface area contributed by atoms with Crippen LogP contribution in [-0.2, 0) is 40.4 Å². The van der Waals surface area contributed by atoms with Crippen molar-refractivity contribution in [2.75, 3.05) is 21.9 Å². The molecule has 0 amide bonds. The molecule has 0 heterocycles. The number of hydrogen-bond donors (Lipinski definition) is 8. The summed E-state index contributed by atoms with van der Waals surface area (Å²) in [5.74, 6) is -0.762.